The third-order valence-corrected chi connectivity index (χ3v) is 5.82. The lowest BCUT2D eigenvalue weighted by Crippen LogP contribution is -2.09. The first-order valence-electron chi connectivity index (χ1n) is 10.1. The zero-order valence-corrected chi connectivity index (χ0v) is 18.4. The average molecular weight is 436 g/mol. The molecule has 31 heavy (non-hydrogen) atoms. The number of rotatable bonds is 8. The molecule has 2 heterocycles. The van der Waals surface area contributed by atoms with Crippen molar-refractivity contribution >= 4 is 39.7 Å². The molecule has 4 rings (SSSR count). The van der Waals surface area contributed by atoms with Crippen LogP contribution in [0.15, 0.2) is 36.5 Å². The first-order valence-corrected chi connectivity index (χ1v) is 11.8. The average Bonchev–Trinajstić information content (AvgIpc) is 3.44. The van der Waals surface area contributed by atoms with Crippen LogP contribution >= 0.6 is 0 Å². The van der Waals surface area contributed by atoms with Crippen molar-refractivity contribution in [1.82, 2.24) is 14.6 Å². The van der Waals surface area contributed by atoms with Crippen LogP contribution in [0.4, 0.5) is 17.3 Å². The Kier molecular flexibility index (Phi) is 6.13. The summed E-state index contributed by atoms with van der Waals surface area (Å²) in [5.41, 5.74) is 10.5. The molecule has 4 N–H and O–H groups in total. The van der Waals surface area contributed by atoms with Gasteiger partial charge in [0.05, 0.1) is 12.5 Å². The van der Waals surface area contributed by atoms with E-state index in [1.807, 2.05) is 37.3 Å². The number of nitrogens with one attached hydrogen (secondary N) is 2. The van der Waals surface area contributed by atoms with Gasteiger partial charge in [-0.1, -0.05) is 23.3 Å². The van der Waals surface area contributed by atoms with E-state index in [0.717, 1.165) is 41.0 Å². The molecule has 0 bridgehead atoms. The summed E-state index contributed by atoms with van der Waals surface area (Å²) in [5, 5.41) is 20.5. The predicted octanol–water partition coefficient (Wildman–Crippen LogP) is 3.16. The van der Waals surface area contributed by atoms with E-state index in [2.05, 4.69) is 26.8 Å². The number of nitriles is 1. The van der Waals surface area contributed by atoms with Crippen LogP contribution in [0.1, 0.15) is 36.5 Å². The van der Waals surface area contributed by atoms with E-state index in [1.165, 1.54) is 6.20 Å². The van der Waals surface area contributed by atoms with Crippen LogP contribution in [-0.2, 0) is 16.9 Å². The molecule has 8 nitrogen and oxygen atoms in total. The Morgan fingerprint density at radius 3 is 2.90 bits per heavy atom. The van der Waals surface area contributed by atoms with Crippen LogP contribution in [0, 0.1) is 11.3 Å². The number of benzene rings is 1. The van der Waals surface area contributed by atoms with Crippen molar-refractivity contribution in [3.8, 4) is 6.07 Å². The monoisotopic (exact) mass is 435 g/mol. The summed E-state index contributed by atoms with van der Waals surface area (Å²) >= 11 is -0.983. The Hall–Kier alpha value is -3.06. The van der Waals surface area contributed by atoms with Crippen LogP contribution in [0.3, 0.4) is 0 Å². The summed E-state index contributed by atoms with van der Waals surface area (Å²) in [4.78, 5) is 4.61. The lowest BCUT2D eigenvalue weighted by molar-refractivity contribution is 0.600. The van der Waals surface area contributed by atoms with E-state index in [-0.39, 0.29) is 0 Å². The van der Waals surface area contributed by atoms with E-state index < -0.39 is 11.2 Å². The van der Waals surface area contributed by atoms with Crippen molar-refractivity contribution < 1.29 is 4.55 Å². The number of hydrogen-bond donors (Lipinski definition) is 3. The molecule has 1 aromatic carbocycles. The van der Waals surface area contributed by atoms with Gasteiger partial charge in [-0.3, -0.25) is 0 Å². The molecule has 0 spiro atoms. The summed E-state index contributed by atoms with van der Waals surface area (Å²) in [5.74, 6) is 1.85. The van der Waals surface area contributed by atoms with Crippen molar-refractivity contribution in [2.75, 3.05) is 23.4 Å². The molecule has 3 aromatic rings. The first kappa shape index (κ1) is 21.2. The molecule has 0 saturated heterocycles. The molecule has 1 unspecified atom stereocenters. The molecule has 2 aromatic heterocycles. The summed E-state index contributed by atoms with van der Waals surface area (Å²) in [6.07, 6.45) is 7.42. The maximum Gasteiger partial charge on any atom is 0.177 e. The number of anilines is 3. The van der Waals surface area contributed by atoms with E-state index >= 15 is 0 Å². The molecule has 0 amide bonds. The Balaban J connectivity index is 1.71. The molecule has 1 aliphatic rings. The van der Waals surface area contributed by atoms with Gasteiger partial charge in [-0.25, -0.2) is 4.98 Å². The Morgan fingerprint density at radius 2 is 2.23 bits per heavy atom. The Morgan fingerprint density at radius 1 is 1.42 bits per heavy atom. The molecule has 160 valence electrons. The second-order valence-corrected chi connectivity index (χ2v) is 9.12. The van der Waals surface area contributed by atoms with Gasteiger partial charge in [0.15, 0.2) is 5.65 Å². The van der Waals surface area contributed by atoms with Gasteiger partial charge in [-0.05, 0) is 43.0 Å². The highest BCUT2D eigenvalue weighted by molar-refractivity contribution is 7.89. The second-order valence-electron chi connectivity index (χ2n) is 7.69. The van der Waals surface area contributed by atoms with E-state index in [0.29, 0.717) is 35.4 Å². The van der Waals surface area contributed by atoms with Gasteiger partial charge in [-0.15, -0.1) is 0 Å². The largest absolute Gasteiger partial charge is 0.616 e. The summed E-state index contributed by atoms with van der Waals surface area (Å²) in [6, 6.07) is 10.4. The fraction of sp³-hybridized carbons (Fsp3) is 0.318. The van der Waals surface area contributed by atoms with Crippen molar-refractivity contribution in [2.45, 2.75) is 31.6 Å². The third-order valence-electron chi connectivity index (χ3n) is 5.11. The van der Waals surface area contributed by atoms with Crippen LogP contribution in [-0.4, -0.2) is 38.0 Å². The molecule has 1 fully saturated rings. The number of allylic oxidation sites excluding steroid dienone is 1. The van der Waals surface area contributed by atoms with E-state index in [9.17, 15) is 9.81 Å². The molecule has 1 aliphatic carbocycles. The van der Waals surface area contributed by atoms with Gasteiger partial charge in [0, 0.05) is 29.9 Å². The summed E-state index contributed by atoms with van der Waals surface area (Å²) < 4.78 is 13.6. The van der Waals surface area contributed by atoms with Crippen LogP contribution in [0.2, 0.25) is 0 Å². The van der Waals surface area contributed by atoms with Crippen LogP contribution in [0.5, 0.6) is 0 Å². The highest BCUT2D eigenvalue weighted by Gasteiger charge is 2.23. The molecular formula is C22H25N7OS. The SMILES string of the molecule is C/C(=C\CN)c1ccc(Nc2cc(NC3CC3)n3ncc(C#N)c3n2)cc1C[S+](C)[O-]. The van der Waals surface area contributed by atoms with Crippen molar-refractivity contribution in [3.63, 3.8) is 0 Å². The maximum atomic E-state index is 11.9. The number of fused-ring (bicyclic) bond motifs is 1. The quantitative estimate of drug-likeness (QED) is 0.464. The Bertz CT molecular complexity index is 1170. The standard InChI is InChI=1S/C22H25N7OS/c1-14(7-8-23)19-6-5-18(9-15(19)13-31(2)30)26-20-10-21(27-17-3-4-17)29-22(28-20)16(11-24)12-25-29/h5-7,9-10,12,17,27H,3-4,8,13,23H2,1-2H3,(H,26,28)/b14-7+. The van der Waals surface area contributed by atoms with Crippen molar-refractivity contribution in [3.05, 3.63) is 53.2 Å². The second kappa shape index (κ2) is 8.98. The minimum Gasteiger partial charge on any atom is -0.616 e. The van der Waals surface area contributed by atoms with Gasteiger partial charge in [0.2, 0.25) is 0 Å². The maximum absolute atomic E-state index is 11.9. The van der Waals surface area contributed by atoms with E-state index in [1.54, 1.807) is 10.8 Å². The topological polar surface area (TPSA) is 127 Å². The smallest absolute Gasteiger partial charge is 0.177 e. The van der Waals surface area contributed by atoms with Crippen molar-refractivity contribution in [2.24, 2.45) is 5.73 Å². The van der Waals surface area contributed by atoms with Gasteiger partial charge in [-0.2, -0.15) is 14.9 Å². The number of nitrogens with two attached hydrogens (primary N) is 1. The number of hydrogen-bond acceptors (Lipinski definition) is 7. The molecule has 0 aliphatic heterocycles. The highest BCUT2D eigenvalue weighted by atomic mass is 32.2. The summed E-state index contributed by atoms with van der Waals surface area (Å²) in [7, 11) is 0. The molecule has 9 heteroatoms. The normalized spacial score (nSPS) is 15.0. The number of nitrogens with zero attached hydrogens (tertiary/aromatic N) is 4. The highest BCUT2D eigenvalue weighted by Crippen LogP contribution is 2.29. The molecule has 1 saturated carbocycles. The van der Waals surface area contributed by atoms with E-state index in [4.69, 9.17) is 5.73 Å². The summed E-state index contributed by atoms with van der Waals surface area (Å²) in [6.45, 7) is 2.46. The predicted molar refractivity (Wildman–Crippen MR) is 125 cm³/mol. The van der Waals surface area contributed by atoms with Crippen molar-refractivity contribution in [1.29, 1.82) is 5.26 Å². The Labute approximate surface area is 184 Å². The van der Waals surface area contributed by atoms with Gasteiger partial charge >= 0.3 is 0 Å². The zero-order chi connectivity index (χ0) is 22.0. The zero-order valence-electron chi connectivity index (χ0n) is 17.6. The van der Waals surface area contributed by atoms with Gasteiger partial charge < -0.3 is 20.9 Å². The molecule has 1 atom stereocenters. The lowest BCUT2D eigenvalue weighted by atomic mass is 10.0. The van der Waals surface area contributed by atoms with Crippen LogP contribution in [0.25, 0.3) is 11.2 Å². The number of aromatic nitrogens is 3. The molecule has 0 radical (unpaired) electrons. The third kappa shape index (κ3) is 4.82. The molecular weight excluding hydrogens is 410 g/mol. The van der Waals surface area contributed by atoms with Gasteiger partial charge in [0.1, 0.15) is 29.0 Å². The first-order chi connectivity index (χ1) is 15.0. The van der Waals surface area contributed by atoms with Crippen LogP contribution < -0.4 is 16.4 Å². The minimum absolute atomic E-state index is 0.419. The fourth-order valence-corrected chi connectivity index (χ4v) is 4.15. The lowest BCUT2D eigenvalue weighted by Gasteiger charge is -2.15. The minimum atomic E-state index is -0.983. The fourth-order valence-electron chi connectivity index (χ4n) is 3.47. The van der Waals surface area contributed by atoms with Gasteiger partial charge in [0.25, 0.3) is 0 Å².